The Morgan fingerprint density at radius 2 is 1.76 bits per heavy atom. The van der Waals surface area contributed by atoms with Gasteiger partial charge in [0.2, 0.25) is 0 Å². The summed E-state index contributed by atoms with van der Waals surface area (Å²) in [7, 11) is 1.81. The molecular formula is C14H22N2O. The molecule has 1 aromatic carbocycles. The molecule has 0 aliphatic rings. The van der Waals surface area contributed by atoms with Gasteiger partial charge in [-0.25, -0.2) is 4.79 Å². The van der Waals surface area contributed by atoms with Crippen LogP contribution in [-0.4, -0.2) is 23.5 Å². The minimum atomic E-state index is -0.196. The van der Waals surface area contributed by atoms with Crippen molar-refractivity contribution < 1.29 is 4.79 Å². The van der Waals surface area contributed by atoms with Gasteiger partial charge in [-0.05, 0) is 33.3 Å². The summed E-state index contributed by atoms with van der Waals surface area (Å²) in [6.07, 6.45) is 0. The van der Waals surface area contributed by atoms with Crippen molar-refractivity contribution in [3.05, 3.63) is 35.4 Å². The van der Waals surface area contributed by atoms with Crippen molar-refractivity contribution in [1.29, 1.82) is 0 Å². The Bertz CT molecular complexity index is 376. The maximum absolute atomic E-state index is 11.8. The second kappa shape index (κ2) is 5.21. The van der Waals surface area contributed by atoms with Crippen LogP contribution in [0.25, 0.3) is 0 Å². The molecule has 1 rings (SSSR count). The number of nitrogens with zero attached hydrogens (tertiary/aromatic N) is 1. The number of aryl methyl sites for hydroxylation is 1. The van der Waals surface area contributed by atoms with E-state index in [2.05, 4.69) is 36.5 Å². The summed E-state index contributed by atoms with van der Waals surface area (Å²) in [4.78, 5) is 13.5. The molecule has 0 atom stereocenters. The Morgan fingerprint density at radius 1 is 1.24 bits per heavy atom. The molecule has 1 aromatic rings. The van der Waals surface area contributed by atoms with Gasteiger partial charge < -0.3 is 10.2 Å². The van der Waals surface area contributed by atoms with Crippen molar-refractivity contribution in [2.45, 2.75) is 39.8 Å². The zero-order valence-electron chi connectivity index (χ0n) is 11.4. The molecule has 2 amide bonds. The third kappa shape index (κ3) is 4.89. The fraction of sp³-hybridized carbons (Fsp3) is 0.500. The molecule has 0 saturated carbocycles. The van der Waals surface area contributed by atoms with Crippen molar-refractivity contribution in [2.24, 2.45) is 0 Å². The normalized spacial score (nSPS) is 11.1. The number of amides is 2. The molecule has 0 unspecified atom stereocenters. The second-order valence-electron chi connectivity index (χ2n) is 5.52. The number of hydrogen-bond acceptors (Lipinski definition) is 1. The van der Waals surface area contributed by atoms with Crippen molar-refractivity contribution in [1.82, 2.24) is 10.2 Å². The zero-order chi connectivity index (χ0) is 13.1. The van der Waals surface area contributed by atoms with Crippen LogP contribution in [0, 0.1) is 6.92 Å². The summed E-state index contributed by atoms with van der Waals surface area (Å²) in [6.45, 7) is 8.61. The van der Waals surface area contributed by atoms with Crippen LogP contribution in [0.3, 0.4) is 0 Å². The lowest BCUT2D eigenvalue weighted by molar-refractivity contribution is 0.197. The van der Waals surface area contributed by atoms with Crippen LogP contribution in [0.5, 0.6) is 0 Å². The van der Waals surface area contributed by atoms with Crippen LogP contribution >= 0.6 is 0 Å². The van der Waals surface area contributed by atoms with Gasteiger partial charge in [-0.15, -0.1) is 0 Å². The van der Waals surface area contributed by atoms with E-state index in [4.69, 9.17) is 0 Å². The van der Waals surface area contributed by atoms with Crippen molar-refractivity contribution in [3.63, 3.8) is 0 Å². The second-order valence-corrected chi connectivity index (χ2v) is 5.52. The Labute approximate surface area is 104 Å². The molecule has 0 saturated heterocycles. The van der Waals surface area contributed by atoms with E-state index in [1.54, 1.807) is 11.9 Å². The standard InChI is InChI=1S/C14H22N2O/c1-11-6-8-12(9-7-11)10-16(5)13(17)15-14(2,3)4/h6-9H,10H2,1-5H3,(H,15,17). The summed E-state index contributed by atoms with van der Waals surface area (Å²) in [6, 6.07) is 8.18. The Morgan fingerprint density at radius 3 is 2.24 bits per heavy atom. The van der Waals surface area contributed by atoms with Crippen molar-refractivity contribution in [3.8, 4) is 0 Å². The van der Waals surface area contributed by atoms with E-state index in [1.165, 1.54) is 5.56 Å². The van der Waals surface area contributed by atoms with Crippen molar-refractivity contribution >= 4 is 6.03 Å². The number of carbonyl (C=O) groups excluding carboxylic acids is 1. The molecule has 17 heavy (non-hydrogen) atoms. The monoisotopic (exact) mass is 234 g/mol. The third-order valence-electron chi connectivity index (χ3n) is 2.37. The van der Waals surface area contributed by atoms with Crippen LogP contribution in [0.2, 0.25) is 0 Å². The first-order valence-electron chi connectivity index (χ1n) is 5.87. The molecule has 0 aromatic heterocycles. The highest BCUT2D eigenvalue weighted by Gasteiger charge is 2.16. The lowest BCUT2D eigenvalue weighted by Crippen LogP contribution is -2.46. The van der Waals surface area contributed by atoms with E-state index in [0.717, 1.165) is 5.56 Å². The van der Waals surface area contributed by atoms with Gasteiger partial charge in [0.25, 0.3) is 0 Å². The molecule has 0 fully saturated rings. The smallest absolute Gasteiger partial charge is 0.317 e. The fourth-order valence-electron chi connectivity index (χ4n) is 1.46. The number of carbonyl (C=O) groups is 1. The van der Waals surface area contributed by atoms with Crippen LogP contribution in [0.15, 0.2) is 24.3 Å². The summed E-state index contributed by atoms with van der Waals surface area (Å²) in [5, 5.41) is 2.94. The lowest BCUT2D eigenvalue weighted by Gasteiger charge is -2.25. The largest absolute Gasteiger partial charge is 0.333 e. The molecule has 0 aliphatic heterocycles. The van der Waals surface area contributed by atoms with E-state index < -0.39 is 0 Å². The van der Waals surface area contributed by atoms with Gasteiger partial charge in [-0.2, -0.15) is 0 Å². The molecule has 94 valence electrons. The minimum absolute atomic E-state index is 0.0434. The molecule has 0 bridgehead atoms. The van der Waals surface area contributed by atoms with Crippen LogP contribution in [0.1, 0.15) is 31.9 Å². The van der Waals surface area contributed by atoms with Gasteiger partial charge in [0.05, 0.1) is 0 Å². The van der Waals surface area contributed by atoms with Gasteiger partial charge >= 0.3 is 6.03 Å². The van der Waals surface area contributed by atoms with Gasteiger partial charge in [0.1, 0.15) is 0 Å². The fourth-order valence-corrected chi connectivity index (χ4v) is 1.46. The first-order valence-corrected chi connectivity index (χ1v) is 5.87. The molecule has 0 aliphatic carbocycles. The molecule has 3 heteroatoms. The Kier molecular flexibility index (Phi) is 4.16. The van der Waals surface area contributed by atoms with Crippen molar-refractivity contribution in [2.75, 3.05) is 7.05 Å². The summed E-state index contributed by atoms with van der Waals surface area (Å²) < 4.78 is 0. The van der Waals surface area contributed by atoms with E-state index in [0.29, 0.717) is 6.54 Å². The predicted molar refractivity (Wildman–Crippen MR) is 70.9 cm³/mol. The molecular weight excluding hydrogens is 212 g/mol. The van der Waals surface area contributed by atoms with Crippen LogP contribution < -0.4 is 5.32 Å². The third-order valence-corrected chi connectivity index (χ3v) is 2.37. The molecule has 3 nitrogen and oxygen atoms in total. The zero-order valence-corrected chi connectivity index (χ0v) is 11.4. The van der Waals surface area contributed by atoms with Gasteiger partial charge in [0, 0.05) is 19.1 Å². The van der Waals surface area contributed by atoms with Gasteiger partial charge in [-0.3, -0.25) is 0 Å². The highest BCUT2D eigenvalue weighted by molar-refractivity contribution is 5.74. The Hall–Kier alpha value is -1.51. The van der Waals surface area contributed by atoms with E-state index >= 15 is 0 Å². The highest BCUT2D eigenvalue weighted by Crippen LogP contribution is 2.07. The van der Waals surface area contributed by atoms with Gasteiger partial charge in [-0.1, -0.05) is 29.8 Å². The number of hydrogen-bond donors (Lipinski definition) is 1. The highest BCUT2D eigenvalue weighted by atomic mass is 16.2. The molecule has 0 spiro atoms. The quantitative estimate of drug-likeness (QED) is 0.838. The maximum Gasteiger partial charge on any atom is 0.317 e. The average Bonchev–Trinajstić information content (AvgIpc) is 2.19. The topological polar surface area (TPSA) is 32.3 Å². The summed E-state index contributed by atoms with van der Waals surface area (Å²) in [5.41, 5.74) is 2.18. The number of nitrogens with one attached hydrogen (secondary N) is 1. The molecule has 0 radical (unpaired) electrons. The van der Waals surface area contributed by atoms with E-state index in [-0.39, 0.29) is 11.6 Å². The SMILES string of the molecule is Cc1ccc(CN(C)C(=O)NC(C)(C)C)cc1. The number of urea groups is 1. The van der Waals surface area contributed by atoms with Crippen LogP contribution in [0.4, 0.5) is 4.79 Å². The Balaban J connectivity index is 2.57. The lowest BCUT2D eigenvalue weighted by atomic mass is 10.1. The minimum Gasteiger partial charge on any atom is -0.333 e. The van der Waals surface area contributed by atoms with E-state index in [1.807, 2.05) is 20.8 Å². The maximum atomic E-state index is 11.8. The van der Waals surface area contributed by atoms with Gasteiger partial charge in [0.15, 0.2) is 0 Å². The summed E-state index contributed by atoms with van der Waals surface area (Å²) in [5.74, 6) is 0. The first kappa shape index (κ1) is 13.6. The first-order chi connectivity index (χ1) is 7.78. The predicted octanol–water partition coefficient (Wildman–Crippen LogP) is 2.93. The van der Waals surface area contributed by atoms with E-state index in [9.17, 15) is 4.79 Å². The molecule has 0 heterocycles. The number of rotatable bonds is 2. The molecule has 1 N–H and O–H groups in total. The number of benzene rings is 1. The average molecular weight is 234 g/mol. The van der Waals surface area contributed by atoms with Crippen LogP contribution in [-0.2, 0) is 6.54 Å². The summed E-state index contributed by atoms with van der Waals surface area (Å²) >= 11 is 0.